The summed E-state index contributed by atoms with van der Waals surface area (Å²) in [4.78, 5) is 42.6. The Kier molecular flexibility index (Phi) is 16.1. The number of benzene rings is 1. The zero-order chi connectivity index (χ0) is 37.2. The molecule has 50 heavy (non-hydrogen) atoms. The third-order valence-corrected chi connectivity index (χ3v) is 10.2. The normalized spacial score (nSPS) is 35.0. The second kappa shape index (κ2) is 19.3. The van der Waals surface area contributed by atoms with E-state index in [0.717, 1.165) is 5.56 Å². The van der Waals surface area contributed by atoms with E-state index in [9.17, 15) is 24.6 Å². The van der Waals surface area contributed by atoms with E-state index >= 15 is 0 Å². The molecule has 2 saturated heterocycles. The molecule has 3 rings (SSSR count). The summed E-state index contributed by atoms with van der Waals surface area (Å²) in [5, 5.41) is 29.9. The van der Waals surface area contributed by atoms with Crippen LogP contribution < -0.4 is 10.6 Å². The van der Waals surface area contributed by atoms with Crippen LogP contribution in [-0.2, 0) is 35.0 Å². The number of carbonyl (C=O) groups excluding carboxylic acids is 3. The molecule has 2 aliphatic heterocycles. The number of rotatable bonds is 11. The SMILES string of the molecule is CCC(=O)NCCCO[C@H]1[C@H](O[C@@H]2[C@@H](C)[C@H](O)C(C)C(=O)N[C@@H](Cc3ccccc3)CC(=O)N(C)C[C@H](C)C[C@@]2(C)O)O[C@H](C)C[C@@H]1N(C)C. The molecule has 1 aromatic rings. The molecule has 2 fully saturated rings. The van der Waals surface area contributed by atoms with Gasteiger partial charge in [-0.1, -0.05) is 58.0 Å². The largest absolute Gasteiger partial charge is 0.392 e. The van der Waals surface area contributed by atoms with E-state index in [-0.39, 0.29) is 48.6 Å². The van der Waals surface area contributed by atoms with Gasteiger partial charge < -0.3 is 44.9 Å². The summed E-state index contributed by atoms with van der Waals surface area (Å²) >= 11 is 0. The molecular weight excluding hydrogens is 640 g/mol. The molecule has 12 nitrogen and oxygen atoms in total. The molecule has 1 aromatic carbocycles. The summed E-state index contributed by atoms with van der Waals surface area (Å²) in [5.74, 6) is -2.20. The maximum absolute atomic E-state index is 13.7. The van der Waals surface area contributed by atoms with Crippen molar-refractivity contribution in [1.82, 2.24) is 20.4 Å². The molecule has 2 aliphatic rings. The summed E-state index contributed by atoms with van der Waals surface area (Å²) in [6.45, 7) is 12.1. The molecule has 12 heteroatoms. The van der Waals surface area contributed by atoms with Gasteiger partial charge >= 0.3 is 0 Å². The van der Waals surface area contributed by atoms with Crippen LogP contribution in [0.25, 0.3) is 0 Å². The fourth-order valence-electron chi connectivity index (χ4n) is 7.46. The maximum Gasteiger partial charge on any atom is 0.225 e. The molecule has 3 amide bonds. The third kappa shape index (κ3) is 12.0. The average molecular weight is 705 g/mol. The van der Waals surface area contributed by atoms with Crippen molar-refractivity contribution in [3.05, 3.63) is 35.9 Å². The lowest BCUT2D eigenvalue weighted by Gasteiger charge is -2.48. The van der Waals surface area contributed by atoms with Gasteiger partial charge in [-0.2, -0.15) is 0 Å². The molecule has 11 atom stereocenters. The highest BCUT2D eigenvalue weighted by Crippen LogP contribution is 2.36. The van der Waals surface area contributed by atoms with Gasteiger partial charge in [-0.25, -0.2) is 0 Å². The Hall–Kier alpha value is -2.61. The van der Waals surface area contributed by atoms with Crippen LogP contribution in [0, 0.1) is 17.8 Å². The molecule has 0 aromatic heterocycles. The van der Waals surface area contributed by atoms with Crippen molar-refractivity contribution >= 4 is 17.7 Å². The number of amides is 3. The Labute approximate surface area is 299 Å². The minimum atomic E-state index is -1.48. The molecule has 0 saturated carbocycles. The number of likely N-dealkylation sites (N-methyl/N-ethyl adjacent to an activating group) is 1. The van der Waals surface area contributed by atoms with Crippen LogP contribution in [-0.4, -0.2) is 127 Å². The number of hydrogen-bond acceptors (Lipinski definition) is 9. The first kappa shape index (κ1) is 41.8. The van der Waals surface area contributed by atoms with Crippen molar-refractivity contribution in [3.8, 4) is 0 Å². The predicted octanol–water partition coefficient (Wildman–Crippen LogP) is 2.74. The van der Waals surface area contributed by atoms with Crippen LogP contribution in [0.3, 0.4) is 0 Å². The van der Waals surface area contributed by atoms with Gasteiger partial charge in [-0.3, -0.25) is 14.4 Å². The Morgan fingerprint density at radius 1 is 1.16 bits per heavy atom. The molecule has 284 valence electrons. The van der Waals surface area contributed by atoms with Crippen molar-refractivity contribution in [2.45, 2.75) is 128 Å². The number of carbonyl (C=O) groups is 3. The van der Waals surface area contributed by atoms with Gasteiger partial charge in [0.05, 0.1) is 29.8 Å². The standard InChI is InChI=1S/C38H64N4O8/c1-10-31(43)39-17-14-18-48-34-30(41(7)8)19-25(3)49-37(34)50-35-26(4)33(45)27(5)36(46)40-29(20-28-15-12-11-13-16-28)21-32(44)42(9)23-24(2)22-38(35,6)47/h11-13,15-16,24-27,29-30,33-35,37,45,47H,10,14,17-23H2,1-9H3,(H,39,43)(H,40,46)/t24-,25-,26+,27?,29+,30+,33+,34-,35-,37+,38-/m1/s1. The molecule has 0 aliphatic carbocycles. The number of aliphatic hydroxyl groups is 2. The number of ether oxygens (including phenoxy) is 3. The summed E-state index contributed by atoms with van der Waals surface area (Å²) < 4.78 is 19.6. The lowest BCUT2D eigenvalue weighted by Crippen LogP contribution is -2.60. The second-order valence-corrected chi connectivity index (χ2v) is 15.2. The van der Waals surface area contributed by atoms with E-state index in [1.54, 1.807) is 32.7 Å². The van der Waals surface area contributed by atoms with Crippen LogP contribution in [0.15, 0.2) is 30.3 Å². The smallest absolute Gasteiger partial charge is 0.225 e. The molecule has 0 radical (unpaired) electrons. The average Bonchev–Trinajstić information content (AvgIpc) is 3.05. The van der Waals surface area contributed by atoms with Gasteiger partial charge in [-0.15, -0.1) is 0 Å². The Morgan fingerprint density at radius 2 is 1.84 bits per heavy atom. The van der Waals surface area contributed by atoms with E-state index in [1.807, 2.05) is 65.2 Å². The quantitative estimate of drug-likeness (QED) is 0.255. The first-order chi connectivity index (χ1) is 23.5. The monoisotopic (exact) mass is 704 g/mol. The van der Waals surface area contributed by atoms with Gasteiger partial charge in [-0.05, 0) is 65.1 Å². The highest BCUT2D eigenvalue weighted by Gasteiger charge is 2.48. The van der Waals surface area contributed by atoms with Crippen molar-refractivity contribution in [2.75, 3.05) is 40.8 Å². The van der Waals surface area contributed by atoms with Crippen molar-refractivity contribution < 1.29 is 38.8 Å². The zero-order valence-corrected chi connectivity index (χ0v) is 31.8. The summed E-state index contributed by atoms with van der Waals surface area (Å²) in [5.41, 5.74) is -0.485. The van der Waals surface area contributed by atoms with Crippen LogP contribution in [0.2, 0.25) is 0 Å². The van der Waals surface area contributed by atoms with E-state index in [1.165, 1.54) is 0 Å². The number of aliphatic hydroxyl groups excluding tert-OH is 1. The number of hydrogen-bond donors (Lipinski definition) is 4. The number of nitrogens with one attached hydrogen (secondary N) is 2. The van der Waals surface area contributed by atoms with E-state index in [0.29, 0.717) is 45.4 Å². The molecule has 4 N–H and O–H groups in total. The van der Waals surface area contributed by atoms with Crippen molar-refractivity contribution in [1.29, 1.82) is 0 Å². The van der Waals surface area contributed by atoms with E-state index in [4.69, 9.17) is 14.2 Å². The zero-order valence-electron chi connectivity index (χ0n) is 31.8. The summed E-state index contributed by atoms with van der Waals surface area (Å²) in [7, 11) is 5.71. The fraction of sp³-hybridized carbons (Fsp3) is 0.763. The first-order valence-corrected chi connectivity index (χ1v) is 18.4. The lowest BCUT2D eigenvalue weighted by molar-refractivity contribution is -0.306. The van der Waals surface area contributed by atoms with Crippen LogP contribution in [0.1, 0.15) is 79.2 Å². The number of nitrogens with zero attached hydrogens (tertiary/aromatic N) is 2. The molecule has 0 bridgehead atoms. The molecule has 2 heterocycles. The van der Waals surface area contributed by atoms with E-state index < -0.39 is 48.1 Å². The maximum atomic E-state index is 13.7. The second-order valence-electron chi connectivity index (χ2n) is 15.2. The Balaban J connectivity index is 1.92. The van der Waals surface area contributed by atoms with Crippen LogP contribution in [0.5, 0.6) is 0 Å². The van der Waals surface area contributed by atoms with Gasteiger partial charge in [0.2, 0.25) is 17.7 Å². The fourth-order valence-corrected chi connectivity index (χ4v) is 7.46. The highest BCUT2D eigenvalue weighted by atomic mass is 16.7. The Bertz CT molecular complexity index is 1220. The minimum absolute atomic E-state index is 0.0183. The summed E-state index contributed by atoms with van der Waals surface area (Å²) in [6.07, 6.45) is -1.19. The van der Waals surface area contributed by atoms with Gasteiger partial charge in [0.15, 0.2) is 6.29 Å². The van der Waals surface area contributed by atoms with Gasteiger partial charge in [0.25, 0.3) is 0 Å². The topological polar surface area (TPSA) is 150 Å². The van der Waals surface area contributed by atoms with Crippen LogP contribution in [0.4, 0.5) is 0 Å². The van der Waals surface area contributed by atoms with Crippen molar-refractivity contribution in [2.24, 2.45) is 17.8 Å². The van der Waals surface area contributed by atoms with Gasteiger partial charge in [0.1, 0.15) is 6.10 Å². The highest BCUT2D eigenvalue weighted by molar-refractivity contribution is 5.81. The van der Waals surface area contributed by atoms with Gasteiger partial charge in [0, 0.05) is 57.6 Å². The minimum Gasteiger partial charge on any atom is -0.392 e. The third-order valence-electron chi connectivity index (χ3n) is 10.2. The lowest BCUT2D eigenvalue weighted by atomic mass is 9.77. The predicted molar refractivity (Wildman–Crippen MR) is 192 cm³/mol. The molecular formula is C38H64N4O8. The van der Waals surface area contributed by atoms with E-state index in [2.05, 4.69) is 15.5 Å². The summed E-state index contributed by atoms with van der Waals surface area (Å²) in [6, 6.07) is 9.18. The van der Waals surface area contributed by atoms with Crippen molar-refractivity contribution in [3.63, 3.8) is 0 Å². The molecule has 0 spiro atoms. The first-order valence-electron chi connectivity index (χ1n) is 18.4. The molecule has 1 unspecified atom stereocenters. The van der Waals surface area contributed by atoms with Crippen LogP contribution >= 0.6 is 0 Å². The Morgan fingerprint density at radius 3 is 2.48 bits per heavy atom.